The number of primary amides is 1. The molecule has 5 heteroatoms. The highest BCUT2D eigenvalue weighted by Crippen LogP contribution is 2.32. The van der Waals surface area contributed by atoms with Gasteiger partial charge in [0.25, 0.3) is 5.91 Å². The van der Waals surface area contributed by atoms with E-state index in [-0.39, 0.29) is 11.3 Å². The summed E-state index contributed by atoms with van der Waals surface area (Å²) >= 11 is 6.06. The maximum absolute atomic E-state index is 14.0. The minimum absolute atomic E-state index is 0.0989. The third kappa shape index (κ3) is 2.34. The van der Waals surface area contributed by atoms with Gasteiger partial charge in [-0.3, -0.25) is 4.79 Å². The van der Waals surface area contributed by atoms with Gasteiger partial charge in [-0.05, 0) is 35.2 Å². The van der Waals surface area contributed by atoms with Crippen molar-refractivity contribution in [1.29, 1.82) is 0 Å². The smallest absolute Gasteiger partial charge is 0.267 e. The van der Waals surface area contributed by atoms with Crippen LogP contribution < -0.4 is 5.73 Å². The largest absolute Gasteiger partial charge is 0.364 e. The molecule has 2 N–H and O–H groups in total. The standard InChI is InChI=1S/C16H9ClFN2O/c17-12-2-1-3-13(18)14(12)10-5-4-9-6-7-20-15(16(19)21)11(9)8-10/h1-6,8H,(H2,19,21). The van der Waals surface area contributed by atoms with Crippen molar-refractivity contribution in [2.75, 3.05) is 0 Å². The molecule has 0 saturated carbocycles. The molecule has 3 aromatic rings. The molecule has 1 aromatic heterocycles. The number of benzene rings is 2. The Kier molecular flexibility index (Phi) is 3.31. The van der Waals surface area contributed by atoms with E-state index in [1.165, 1.54) is 12.1 Å². The minimum atomic E-state index is -0.659. The Morgan fingerprint density at radius 3 is 2.81 bits per heavy atom. The predicted octanol–water partition coefficient (Wildman–Crippen LogP) is 3.59. The summed E-state index contributed by atoms with van der Waals surface area (Å²) < 4.78 is 14.0. The van der Waals surface area contributed by atoms with Gasteiger partial charge in [0, 0.05) is 10.9 Å². The SMILES string of the molecule is NC(=O)c1n[c]cc2ccc(-c3c(F)cccc3Cl)cc12. The van der Waals surface area contributed by atoms with Crippen LogP contribution in [0.4, 0.5) is 4.39 Å². The summed E-state index contributed by atoms with van der Waals surface area (Å²) in [6.07, 6.45) is 2.62. The van der Waals surface area contributed by atoms with Crippen molar-refractivity contribution in [3.63, 3.8) is 0 Å². The molecule has 1 radical (unpaired) electrons. The number of nitrogens with two attached hydrogens (primary N) is 1. The van der Waals surface area contributed by atoms with E-state index < -0.39 is 11.7 Å². The zero-order chi connectivity index (χ0) is 15.0. The molecular formula is C16H9ClFN2O. The van der Waals surface area contributed by atoms with Crippen LogP contribution in [0.2, 0.25) is 5.02 Å². The number of rotatable bonds is 2. The van der Waals surface area contributed by atoms with E-state index in [0.29, 0.717) is 16.0 Å². The highest BCUT2D eigenvalue weighted by molar-refractivity contribution is 6.33. The van der Waals surface area contributed by atoms with Gasteiger partial charge in [-0.15, -0.1) is 0 Å². The van der Waals surface area contributed by atoms with Crippen molar-refractivity contribution < 1.29 is 9.18 Å². The number of hydrogen-bond donors (Lipinski definition) is 1. The Hall–Kier alpha value is -2.46. The molecule has 1 heterocycles. The fourth-order valence-corrected chi connectivity index (χ4v) is 2.50. The summed E-state index contributed by atoms with van der Waals surface area (Å²) in [5.41, 5.74) is 6.24. The van der Waals surface area contributed by atoms with E-state index in [2.05, 4.69) is 11.2 Å². The van der Waals surface area contributed by atoms with Gasteiger partial charge < -0.3 is 5.73 Å². The van der Waals surface area contributed by atoms with Crippen molar-refractivity contribution in [3.8, 4) is 11.1 Å². The first kappa shape index (κ1) is 13.5. The summed E-state index contributed by atoms with van der Waals surface area (Å²) in [5.74, 6) is -1.09. The van der Waals surface area contributed by atoms with Crippen LogP contribution in [0.5, 0.6) is 0 Å². The van der Waals surface area contributed by atoms with E-state index in [1.54, 1.807) is 30.3 Å². The summed E-state index contributed by atoms with van der Waals surface area (Å²) in [4.78, 5) is 15.3. The summed E-state index contributed by atoms with van der Waals surface area (Å²) in [5, 5.41) is 1.58. The van der Waals surface area contributed by atoms with Gasteiger partial charge in [-0.1, -0.05) is 29.8 Å². The van der Waals surface area contributed by atoms with Gasteiger partial charge in [0.1, 0.15) is 11.5 Å². The number of pyridine rings is 1. The fraction of sp³-hybridized carbons (Fsp3) is 0. The Bertz CT molecular complexity index is 844. The van der Waals surface area contributed by atoms with Crippen molar-refractivity contribution in [1.82, 2.24) is 4.98 Å². The molecule has 2 aromatic carbocycles. The molecular weight excluding hydrogens is 291 g/mol. The molecule has 0 spiro atoms. The Balaban J connectivity index is 2.31. The third-order valence-electron chi connectivity index (χ3n) is 3.19. The first-order valence-electron chi connectivity index (χ1n) is 6.13. The molecule has 0 aliphatic carbocycles. The maximum Gasteiger partial charge on any atom is 0.267 e. The second kappa shape index (κ2) is 5.14. The van der Waals surface area contributed by atoms with Crippen molar-refractivity contribution in [3.05, 3.63) is 65.2 Å². The molecule has 103 valence electrons. The van der Waals surface area contributed by atoms with Crippen LogP contribution in [-0.4, -0.2) is 10.9 Å². The molecule has 0 aliphatic heterocycles. The van der Waals surface area contributed by atoms with E-state index >= 15 is 0 Å². The molecule has 0 fully saturated rings. The molecule has 0 bridgehead atoms. The monoisotopic (exact) mass is 299 g/mol. The van der Waals surface area contributed by atoms with E-state index in [4.69, 9.17) is 17.3 Å². The quantitative estimate of drug-likeness (QED) is 0.786. The number of amides is 1. The lowest BCUT2D eigenvalue weighted by molar-refractivity contribution is 0.0997. The second-order valence-electron chi connectivity index (χ2n) is 4.50. The second-order valence-corrected chi connectivity index (χ2v) is 4.90. The van der Waals surface area contributed by atoms with Crippen LogP contribution in [0.3, 0.4) is 0 Å². The molecule has 21 heavy (non-hydrogen) atoms. The van der Waals surface area contributed by atoms with Crippen LogP contribution in [0.1, 0.15) is 10.5 Å². The fourth-order valence-electron chi connectivity index (χ4n) is 2.23. The lowest BCUT2D eigenvalue weighted by Gasteiger charge is -2.08. The van der Waals surface area contributed by atoms with Crippen LogP contribution in [0, 0.1) is 12.0 Å². The number of carbonyl (C=O) groups is 1. The zero-order valence-electron chi connectivity index (χ0n) is 10.7. The van der Waals surface area contributed by atoms with E-state index in [1.807, 2.05) is 0 Å². The Morgan fingerprint density at radius 2 is 2.10 bits per heavy atom. The van der Waals surface area contributed by atoms with Gasteiger partial charge in [0.15, 0.2) is 0 Å². The van der Waals surface area contributed by atoms with Gasteiger partial charge in [-0.2, -0.15) is 0 Å². The highest BCUT2D eigenvalue weighted by Gasteiger charge is 2.13. The predicted molar refractivity (Wildman–Crippen MR) is 79.5 cm³/mol. The summed E-state index contributed by atoms with van der Waals surface area (Å²) in [6.45, 7) is 0. The van der Waals surface area contributed by atoms with Gasteiger partial charge >= 0.3 is 0 Å². The number of nitrogens with zero attached hydrogens (tertiary/aromatic N) is 1. The first-order chi connectivity index (χ1) is 10.1. The molecule has 1 amide bonds. The van der Waals surface area contributed by atoms with Crippen LogP contribution in [-0.2, 0) is 0 Å². The average molecular weight is 300 g/mol. The third-order valence-corrected chi connectivity index (χ3v) is 3.50. The average Bonchev–Trinajstić information content (AvgIpc) is 2.46. The minimum Gasteiger partial charge on any atom is -0.364 e. The number of halogens is 2. The van der Waals surface area contributed by atoms with E-state index in [9.17, 15) is 9.18 Å². The van der Waals surface area contributed by atoms with E-state index in [0.717, 1.165) is 5.39 Å². The topological polar surface area (TPSA) is 56.0 Å². The molecule has 0 atom stereocenters. The number of fused-ring (bicyclic) bond motifs is 1. The van der Waals surface area contributed by atoms with Crippen LogP contribution in [0.15, 0.2) is 42.5 Å². The Morgan fingerprint density at radius 1 is 1.29 bits per heavy atom. The zero-order valence-corrected chi connectivity index (χ0v) is 11.5. The first-order valence-corrected chi connectivity index (χ1v) is 6.51. The molecule has 3 rings (SSSR count). The number of hydrogen-bond acceptors (Lipinski definition) is 2. The highest BCUT2D eigenvalue weighted by atomic mass is 35.5. The van der Waals surface area contributed by atoms with Crippen molar-refractivity contribution in [2.45, 2.75) is 0 Å². The van der Waals surface area contributed by atoms with Gasteiger partial charge in [0.05, 0.1) is 11.2 Å². The lowest BCUT2D eigenvalue weighted by atomic mass is 10.00. The van der Waals surface area contributed by atoms with Gasteiger partial charge in [0.2, 0.25) is 0 Å². The van der Waals surface area contributed by atoms with Gasteiger partial charge in [-0.25, -0.2) is 9.37 Å². The number of aromatic nitrogens is 1. The summed E-state index contributed by atoms with van der Waals surface area (Å²) in [7, 11) is 0. The lowest BCUT2D eigenvalue weighted by Crippen LogP contribution is -2.13. The molecule has 0 unspecified atom stereocenters. The number of carbonyl (C=O) groups excluding carboxylic acids is 1. The van der Waals surface area contributed by atoms with Crippen LogP contribution >= 0.6 is 11.6 Å². The summed E-state index contributed by atoms with van der Waals surface area (Å²) in [6, 6.07) is 11.2. The molecule has 0 aliphatic rings. The van der Waals surface area contributed by atoms with Crippen molar-refractivity contribution >= 4 is 28.3 Å². The molecule has 0 saturated heterocycles. The maximum atomic E-state index is 14.0. The van der Waals surface area contributed by atoms with Crippen molar-refractivity contribution in [2.24, 2.45) is 5.73 Å². The molecule has 3 nitrogen and oxygen atoms in total. The normalized spacial score (nSPS) is 10.8. The van der Waals surface area contributed by atoms with Crippen LogP contribution in [0.25, 0.3) is 21.9 Å². The Labute approximate surface area is 125 Å².